The SMILES string of the molecule is CCn1cc(C(=O)c2ccc(Br)c(F)c2)cn1. The molecular formula is C12H10BrFN2O. The number of aryl methyl sites for hydroxylation is 1. The molecule has 0 bridgehead atoms. The Balaban J connectivity index is 2.33. The largest absolute Gasteiger partial charge is 0.288 e. The Morgan fingerprint density at radius 3 is 2.82 bits per heavy atom. The molecule has 17 heavy (non-hydrogen) atoms. The van der Waals surface area contributed by atoms with Gasteiger partial charge in [0.1, 0.15) is 5.82 Å². The molecule has 1 heterocycles. The Morgan fingerprint density at radius 1 is 1.47 bits per heavy atom. The normalized spacial score (nSPS) is 10.5. The first kappa shape index (κ1) is 12.0. The topological polar surface area (TPSA) is 34.9 Å². The summed E-state index contributed by atoms with van der Waals surface area (Å²) in [5.41, 5.74) is 0.787. The fraction of sp³-hybridized carbons (Fsp3) is 0.167. The van der Waals surface area contributed by atoms with E-state index in [9.17, 15) is 9.18 Å². The monoisotopic (exact) mass is 296 g/mol. The third-order valence-electron chi connectivity index (χ3n) is 2.40. The smallest absolute Gasteiger partial charge is 0.196 e. The minimum absolute atomic E-state index is 0.226. The van der Waals surface area contributed by atoms with Crippen molar-refractivity contribution in [3.63, 3.8) is 0 Å². The van der Waals surface area contributed by atoms with Crippen molar-refractivity contribution in [1.82, 2.24) is 9.78 Å². The Hall–Kier alpha value is -1.49. The number of hydrogen-bond donors (Lipinski definition) is 0. The summed E-state index contributed by atoms with van der Waals surface area (Å²) in [5, 5.41) is 4.01. The highest BCUT2D eigenvalue weighted by molar-refractivity contribution is 9.10. The number of hydrogen-bond acceptors (Lipinski definition) is 2. The highest BCUT2D eigenvalue weighted by Crippen LogP contribution is 2.18. The number of carbonyl (C=O) groups excluding carboxylic acids is 1. The van der Waals surface area contributed by atoms with Crippen molar-refractivity contribution in [2.24, 2.45) is 0 Å². The quantitative estimate of drug-likeness (QED) is 0.816. The van der Waals surface area contributed by atoms with E-state index in [1.165, 1.54) is 18.3 Å². The Morgan fingerprint density at radius 2 is 2.24 bits per heavy atom. The standard InChI is InChI=1S/C12H10BrFN2O/c1-2-16-7-9(6-15-16)12(17)8-3-4-10(13)11(14)5-8/h3-7H,2H2,1H3. The van der Waals surface area contributed by atoms with E-state index in [0.717, 1.165) is 0 Å². The minimum atomic E-state index is -0.446. The average molecular weight is 297 g/mol. The molecule has 2 aromatic rings. The summed E-state index contributed by atoms with van der Waals surface area (Å²) in [6, 6.07) is 4.32. The van der Waals surface area contributed by atoms with Crippen LogP contribution in [0.2, 0.25) is 0 Å². The number of halogens is 2. The molecule has 0 radical (unpaired) electrons. The van der Waals surface area contributed by atoms with Crippen LogP contribution in [0.25, 0.3) is 0 Å². The molecule has 5 heteroatoms. The lowest BCUT2D eigenvalue weighted by Gasteiger charge is -1.99. The van der Waals surface area contributed by atoms with E-state index in [2.05, 4.69) is 21.0 Å². The zero-order chi connectivity index (χ0) is 12.4. The number of ketones is 1. The zero-order valence-electron chi connectivity index (χ0n) is 9.15. The van der Waals surface area contributed by atoms with Gasteiger partial charge in [0.2, 0.25) is 0 Å². The van der Waals surface area contributed by atoms with Crippen molar-refractivity contribution in [3.05, 3.63) is 52.0 Å². The predicted octanol–water partition coefficient (Wildman–Crippen LogP) is 3.04. The highest BCUT2D eigenvalue weighted by Gasteiger charge is 2.12. The van der Waals surface area contributed by atoms with Gasteiger partial charge in [0.25, 0.3) is 0 Å². The third kappa shape index (κ3) is 2.44. The minimum Gasteiger partial charge on any atom is -0.288 e. The van der Waals surface area contributed by atoms with Crippen molar-refractivity contribution < 1.29 is 9.18 Å². The van der Waals surface area contributed by atoms with E-state index in [1.807, 2.05) is 6.92 Å². The first-order valence-corrected chi connectivity index (χ1v) is 5.93. The highest BCUT2D eigenvalue weighted by atomic mass is 79.9. The molecule has 0 atom stereocenters. The average Bonchev–Trinajstić information content (AvgIpc) is 2.80. The summed E-state index contributed by atoms with van der Waals surface area (Å²) in [5.74, 6) is -0.671. The van der Waals surface area contributed by atoms with Crippen LogP contribution in [0.4, 0.5) is 4.39 Å². The first-order valence-electron chi connectivity index (χ1n) is 5.14. The fourth-order valence-electron chi connectivity index (χ4n) is 1.46. The molecule has 1 aromatic heterocycles. The number of rotatable bonds is 3. The lowest BCUT2D eigenvalue weighted by molar-refractivity contribution is 0.103. The van der Waals surface area contributed by atoms with Crippen LogP contribution in [0.3, 0.4) is 0 Å². The fourth-order valence-corrected chi connectivity index (χ4v) is 1.70. The van der Waals surface area contributed by atoms with Gasteiger partial charge >= 0.3 is 0 Å². The second kappa shape index (κ2) is 4.79. The van der Waals surface area contributed by atoms with Crippen molar-refractivity contribution in [1.29, 1.82) is 0 Å². The molecule has 1 aromatic carbocycles. The summed E-state index contributed by atoms with van der Waals surface area (Å²) in [6.07, 6.45) is 3.15. The summed E-state index contributed by atoms with van der Waals surface area (Å²) in [4.78, 5) is 12.0. The molecule has 0 aliphatic carbocycles. The molecule has 0 saturated carbocycles. The van der Waals surface area contributed by atoms with Gasteiger partial charge in [-0.3, -0.25) is 9.48 Å². The van der Waals surface area contributed by atoms with E-state index in [-0.39, 0.29) is 5.78 Å². The molecular weight excluding hydrogens is 287 g/mol. The van der Waals surface area contributed by atoms with Crippen molar-refractivity contribution in [3.8, 4) is 0 Å². The molecule has 0 spiro atoms. The number of aromatic nitrogens is 2. The van der Waals surface area contributed by atoms with Crippen LogP contribution in [-0.4, -0.2) is 15.6 Å². The van der Waals surface area contributed by atoms with Gasteiger partial charge in [0.15, 0.2) is 5.78 Å². The van der Waals surface area contributed by atoms with Gasteiger partial charge in [0.05, 0.1) is 16.2 Å². The van der Waals surface area contributed by atoms with Gasteiger partial charge in [-0.05, 0) is 41.1 Å². The number of carbonyl (C=O) groups is 1. The van der Waals surface area contributed by atoms with Crippen molar-refractivity contribution in [2.75, 3.05) is 0 Å². The summed E-state index contributed by atoms with van der Waals surface area (Å²) in [7, 11) is 0. The molecule has 88 valence electrons. The van der Waals surface area contributed by atoms with Gasteiger partial charge in [-0.15, -0.1) is 0 Å². The lowest BCUT2D eigenvalue weighted by atomic mass is 10.1. The van der Waals surface area contributed by atoms with Crippen LogP contribution >= 0.6 is 15.9 Å². The maximum atomic E-state index is 13.3. The van der Waals surface area contributed by atoms with Crippen LogP contribution in [-0.2, 0) is 6.54 Å². The van der Waals surface area contributed by atoms with E-state index in [4.69, 9.17) is 0 Å². The number of benzene rings is 1. The first-order chi connectivity index (χ1) is 8.11. The lowest BCUT2D eigenvalue weighted by Crippen LogP contribution is -2.01. The van der Waals surface area contributed by atoms with E-state index in [0.29, 0.717) is 22.1 Å². The second-order valence-corrected chi connectivity index (χ2v) is 4.40. The van der Waals surface area contributed by atoms with Crippen LogP contribution in [0.5, 0.6) is 0 Å². The van der Waals surface area contributed by atoms with Crippen LogP contribution < -0.4 is 0 Å². The van der Waals surface area contributed by atoms with Gasteiger partial charge in [-0.25, -0.2) is 4.39 Å². The zero-order valence-corrected chi connectivity index (χ0v) is 10.7. The van der Waals surface area contributed by atoms with E-state index < -0.39 is 5.82 Å². The Bertz CT molecular complexity index is 565. The molecule has 0 aliphatic heterocycles. The van der Waals surface area contributed by atoms with Crippen LogP contribution in [0.15, 0.2) is 35.1 Å². The summed E-state index contributed by atoms with van der Waals surface area (Å²) >= 11 is 3.05. The molecule has 0 saturated heterocycles. The molecule has 0 unspecified atom stereocenters. The number of nitrogens with zero attached hydrogens (tertiary/aromatic N) is 2. The van der Waals surface area contributed by atoms with E-state index >= 15 is 0 Å². The third-order valence-corrected chi connectivity index (χ3v) is 3.04. The summed E-state index contributed by atoms with van der Waals surface area (Å²) in [6.45, 7) is 2.63. The maximum Gasteiger partial charge on any atom is 0.196 e. The van der Waals surface area contributed by atoms with Crippen molar-refractivity contribution in [2.45, 2.75) is 13.5 Å². The van der Waals surface area contributed by atoms with E-state index in [1.54, 1.807) is 16.9 Å². The summed E-state index contributed by atoms with van der Waals surface area (Å²) < 4.78 is 15.3. The molecule has 0 aliphatic rings. The van der Waals surface area contributed by atoms with Crippen LogP contribution in [0, 0.1) is 5.82 Å². The van der Waals surface area contributed by atoms with Gasteiger partial charge < -0.3 is 0 Å². The second-order valence-electron chi connectivity index (χ2n) is 3.54. The van der Waals surface area contributed by atoms with Gasteiger partial charge in [-0.2, -0.15) is 5.10 Å². The Labute approximate surface area is 106 Å². The predicted molar refractivity (Wildman–Crippen MR) is 65.4 cm³/mol. The van der Waals surface area contributed by atoms with Gasteiger partial charge in [0, 0.05) is 18.3 Å². The molecule has 2 rings (SSSR count). The maximum absolute atomic E-state index is 13.3. The molecule has 3 nitrogen and oxygen atoms in total. The Kier molecular flexibility index (Phi) is 3.38. The molecule has 0 N–H and O–H groups in total. The molecule has 0 amide bonds. The van der Waals surface area contributed by atoms with Crippen LogP contribution in [0.1, 0.15) is 22.8 Å². The van der Waals surface area contributed by atoms with Crippen molar-refractivity contribution >= 4 is 21.7 Å². The van der Waals surface area contributed by atoms with Gasteiger partial charge in [-0.1, -0.05) is 0 Å². The molecule has 0 fully saturated rings.